The van der Waals surface area contributed by atoms with Gasteiger partial charge in [-0.1, -0.05) is 29.8 Å². The van der Waals surface area contributed by atoms with Gasteiger partial charge in [0.25, 0.3) is 0 Å². The van der Waals surface area contributed by atoms with Crippen LogP contribution in [-0.4, -0.2) is 24.9 Å². The van der Waals surface area contributed by atoms with Gasteiger partial charge < -0.3 is 10.2 Å². The number of rotatable bonds is 6. The number of carbonyl (C=O) groups excluding carboxylic acids is 2. The van der Waals surface area contributed by atoms with Gasteiger partial charge in [0.15, 0.2) is 0 Å². The minimum atomic E-state index is -0.0366. The molecular weight excluding hydrogens is 320 g/mol. The summed E-state index contributed by atoms with van der Waals surface area (Å²) in [4.78, 5) is 24.9. The molecule has 0 fully saturated rings. The predicted octanol–water partition coefficient (Wildman–Crippen LogP) is 2.96. The van der Waals surface area contributed by atoms with E-state index in [9.17, 15) is 9.59 Å². The number of carbonyl (C=O) groups is 2. The maximum Gasteiger partial charge on any atom is 0.223 e. The summed E-state index contributed by atoms with van der Waals surface area (Å²) in [6.45, 7) is 6.46. The van der Waals surface area contributed by atoms with Gasteiger partial charge in [0, 0.05) is 36.6 Å². The van der Waals surface area contributed by atoms with E-state index >= 15 is 0 Å². The molecule has 0 saturated carbocycles. The van der Waals surface area contributed by atoms with Crippen LogP contribution in [-0.2, 0) is 9.59 Å². The van der Waals surface area contributed by atoms with E-state index in [0.29, 0.717) is 25.4 Å². The predicted molar refractivity (Wildman–Crippen MR) is 84.6 cm³/mol. The third-order valence-electron chi connectivity index (χ3n) is 2.77. The Bertz CT molecular complexity index is 457. The average molecular weight is 341 g/mol. The Hall–Kier alpha value is -1.36. The maximum absolute atomic E-state index is 11.7. The van der Waals surface area contributed by atoms with Gasteiger partial charge >= 0.3 is 0 Å². The summed E-state index contributed by atoms with van der Waals surface area (Å²) < 4.78 is 0.968. The largest absolute Gasteiger partial charge is 0.354 e. The Morgan fingerprint density at radius 3 is 2.35 bits per heavy atom. The van der Waals surface area contributed by atoms with Gasteiger partial charge in [-0.3, -0.25) is 9.59 Å². The van der Waals surface area contributed by atoms with Gasteiger partial charge in [-0.25, -0.2) is 0 Å². The maximum atomic E-state index is 11.7. The van der Waals surface area contributed by atoms with Crippen molar-refractivity contribution in [2.24, 2.45) is 5.92 Å². The molecule has 110 valence electrons. The number of anilines is 1. The molecule has 1 aromatic rings. The van der Waals surface area contributed by atoms with Gasteiger partial charge in [-0.2, -0.15) is 0 Å². The highest BCUT2D eigenvalue weighted by molar-refractivity contribution is 9.10. The topological polar surface area (TPSA) is 49.4 Å². The zero-order chi connectivity index (χ0) is 15.1. The van der Waals surface area contributed by atoms with E-state index in [1.54, 1.807) is 4.90 Å². The van der Waals surface area contributed by atoms with Gasteiger partial charge in [0.1, 0.15) is 0 Å². The molecule has 0 aliphatic heterocycles. The first-order chi connectivity index (χ1) is 9.40. The van der Waals surface area contributed by atoms with Gasteiger partial charge in [0.2, 0.25) is 11.8 Å². The van der Waals surface area contributed by atoms with Crippen LogP contribution in [0.4, 0.5) is 5.69 Å². The highest BCUT2D eigenvalue weighted by Gasteiger charge is 2.12. The van der Waals surface area contributed by atoms with Crippen LogP contribution in [0, 0.1) is 5.92 Å². The lowest BCUT2D eigenvalue weighted by Crippen LogP contribution is -2.37. The molecule has 1 aromatic carbocycles. The molecule has 1 N–H and O–H groups in total. The standard InChI is InChI=1S/C15H21BrN2O2/c1-11(2)10-15(20)17-8-9-18(12(3)19)14-6-4-13(16)5-7-14/h4-7,11H,8-10H2,1-3H3,(H,17,20). The molecule has 0 heterocycles. The molecule has 0 radical (unpaired) electrons. The summed E-state index contributed by atoms with van der Waals surface area (Å²) in [5.74, 6) is 0.329. The molecule has 0 aliphatic rings. The average Bonchev–Trinajstić information content (AvgIpc) is 2.35. The fraction of sp³-hybridized carbons (Fsp3) is 0.467. The van der Waals surface area contributed by atoms with Crippen molar-refractivity contribution in [3.05, 3.63) is 28.7 Å². The van der Waals surface area contributed by atoms with Gasteiger partial charge in [-0.05, 0) is 30.2 Å². The van der Waals surface area contributed by atoms with Crippen LogP contribution in [0.5, 0.6) is 0 Å². The van der Waals surface area contributed by atoms with Crippen LogP contribution in [0.2, 0.25) is 0 Å². The summed E-state index contributed by atoms with van der Waals surface area (Å²) in [5, 5.41) is 2.84. The van der Waals surface area contributed by atoms with E-state index in [1.165, 1.54) is 6.92 Å². The van der Waals surface area contributed by atoms with Crippen LogP contribution in [0.3, 0.4) is 0 Å². The molecule has 5 heteroatoms. The van der Waals surface area contributed by atoms with Gasteiger partial charge in [0.05, 0.1) is 0 Å². The number of nitrogens with one attached hydrogen (secondary N) is 1. The Labute approximate surface area is 128 Å². The number of hydrogen-bond donors (Lipinski definition) is 1. The molecule has 0 spiro atoms. The SMILES string of the molecule is CC(=O)N(CCNC(=O)CC(C)C)c1ccc(Br)cc1. The smallest absolute Gasteiger partial charge is 0.223 e. The summed E-state index contributed by atoms with van der Waals surface area (Å²) in [5.41, 5.74) is 0.832. The molecule has 0 bridgehead atoms. The Kier molecular flexibility index (Phi) is 6.71. The van der Waals surface area contributed by atoms with E-state index < -0.39 is 0 Å². The zero-order valence-corrected chi connectivity index (χ0v) is 13.7. The third-order valence-corrected chi connectivity index (χ3v) is 3.30. The van der Waals surface area contributed by atoms with Crippen molar-refractivity contribution in [3.63, 3.8) is 0 Å². The molecule has 20 heavy (non-hydrogen) atoms. The van der Waals surface area contributed by atoms with E-state index in [4.69, 9.17) is 0 Å². The van der Waals surface area contributed by atoms with Crippen LogP contribution in [0.15, 0.2) is 28.7 Å². The first-order valence-electron chi connectivity index (χ1n) is 6.70. The molecule has 0 saturated heterocycles. The molecule has 0 unspecified atom stereocenters. The van der Waals surface area contributed by atoms with Crippen LogP contribution >= 0.6 is 15.9 Å². The normalized spacial score (nSPS) is 10.4. The van der Waals surface area contributed by atoms with Gasteiger partial charge in [-0.15, -0.1) is 0 Å². The highest BCUT2D eigenvalue weighted by Crippen LogP contribution is 2.18. The summed E-state index contributed by atoms with van der Waals surface area (Å²) in [6, 6.07) is 7.54. The van der Waals surface area contributed by atoms with Crippen molar-refractivity contribution in [2.75, 3.05) is 18.0 Å². The summed E-state index contributed by atoms with van der Waals surface area (Å²) in [7, 11) is 0. The van der Waals surface area contributed by atoms with Crippen molar-refractivity contribution < 1.29 is 9.59 Å². The first-order valence-corrected chi connectivity index (χ1v) is 7.50. The monoisotopic (exact) mass is 340 g/mol. The number of amides is 2. The molecule has 0 aliphatic carbocycles. The number of hydrogen-bond acceptors (Lipinski definition) is 2. The lowest BCUT2D eigenvalue weighted by Gasteiger charge is -2.21. The second kappa shape index (κ2) is 8.04. The molecule has 2 amide bonds. The lowest BCUT2D eigenvalue weighted by atomic mass is 10.1. The van der Waals surface area contributed by atoms with E-state index in [1.807, 2.05) is 38.1 Å². The fourth-order valence-electron chi connectivity index (χ4n) is 1.84. The highest BCUT2D eigenvalue weighted by atomic mass is 79.9. The van der Waals surface area contributed by atoms with Crippen molar-refractivity contribution in [1.82, 2.24) is 5.32 Å². The summed E-state index contributed by atoms with van der Waals surface area (Å²) in [6.07, 6.45) is 0.512. The molecule has 1 rings (SSSR count). The third kappa shape index (κ3) is 5.74. The minimum absolute atomic E-state index is 0.0271. The van der Waals surface area contributed by atoms with Crippen molar-refractivity contribution >= 4 is 33.4 Å². The number of benzene rings is 1. The van der Waals surface area contributed by atoms with Crippen molar-refractivity contribution in [1.29, 1.82) is 0 Å². The van der Waals surface area contributed by atoms with Crippen LogP contribution < -0.4 is 10.2 Å². The van der Waals surface area contributed by atoms with Crippen molar-refractivity contribution in [3.8, 4) is 0 Å². The lowest BCUT2D eigenvalue weighted by molar-refractivity contribution is -0.122. The molecule has 0 atom stereocenters. The Morgan fingerprint density at radius 1 is 1.25 bits per heavy atom. The molecule has 0 aromatic heterocycles. The number of halogens is 1. The minimum Gasteiger partial charge on any atom is -0.354 e. The second-order valence-corrected chi connectivity index (χ2v) is 6.01. The first kappa shape index (κ1) is 16.7. The van der Waals surface area contributed by atoms with Crippen molar-refractivity contribution in [2.45, 2.75) is 27.2 Å². The molecule has 4 nitrogen and oxygen atoms in total. The van der Waals surface area contributed by atoms with E-state index in [-0.39, 0.29) is 11.8 Å². The fourth-order valence-corrected chi connectivity index (χ4v) is 2.10. The number of nitrogens with zero attached hydrogens (tertiary/aromatic N) is 1. The van der Waals surface area contributed by atoms with Crippen LogP contribution in [0.25, 0.3) is 0 Å². The second-order valence-electron chi connectivity index (χ2n) is 5.09. The molecular formula is C15H21BrN2O2. The van der Waals surface area contributed by atoms with E-state index in [2.05, 4.69) is 21.2 Å². The van der Waals surface area contributed by atoms with E-state index in [0.717, 1.165) is 10.2 Å². The quantitative estimate of drug-likeness (QED) is 0.865. The zero-order valence-electron chi connectivity index (χ0n) is 12.1. The summed E-state index contributed by atoms with van der Waals surface area (Å²) >= 11 is 3.37. The Morgan fingerprint density at radius 2 is 1.85 bits per heavy atom. The Balaban J connectivity index is 2.54. The van der Waals surface area contributed by atoms with Crippen LogP contribution in [0.1, 0.15) is 27.2 Å².